The lowest BCUT2D eigenvalue weighted by Crippen LogP contribution is -2.42. The van der Waals surface area contributed by atoms with Crippen LogP contribution in [0.15, 0.2) is 0 Å². The summed E-state index contributed by atoms with van der Waals surface area (Å²) in [6.07, 6.45) is 5.01. The molecule has 0 bridgehead atoms. The van der Waals surface area contributed by atoms with Gasteiger partial charge in [0.05, 0.1) is 13.2 Å². The molecule has 21 heavy (non-hydrogen) atoms. The number of rotatable bonds is 11. The largest absolute Gasteiger partial charge is 0.464 e. The van der Waals surface area contributed by atoms with Gasteiger partial charge in [-0.15, -0.1) is 0 Å². The summed E-state index contributed by atoms with van der Waals surface area (Å²) in [4.78, 5) is 23.6. The molecule has 0 fully saturated rings. The molecular formula is C16H31NO4. The van der Waals surface area contributed by atoms with E-state index in [1.807, 2.05) is 20.8 Å². The van der Waals surface area contributed by atoms with Crippen LogP contribution < -0.4 is 5.32 Å². The van der Waals surface area contributed by atoms with Crippen molar-refractivity contribution in [3.8, 4) is 0 Å². The summed E-state index contributed by atoms with van der Waals surface area (Å²) < 4.78 is 10.3. The van der Waals surface area contributed by atoms with Gasteiger partial charge in [0.2, 0.25) is 0 Å². The molecule has 0 spiro atoms. The van der Waals surface area contributed by atoms with Crippen molar-refractivity contribution >= 4 is 12.1 Å². The maximum absolute atomic E-state index is 11.9. The highest BCUT2D eigenvalue weighted by molar-refractivity contribution is 5.81. The van der Waals surface area contributed by atoms with Crippen molar-refractivity contribution in [2.24, 2.45) is 5.92 Å². The first-order valence-electron chi connectivity index (χ1n) is 8.11. The number of hydrogen-bond donors (Lipinski definition) is 1. The molecule has 0 saturated carbocycles. The molecule has 5 heteroatoms. The average molecular weight is 301 g/mol. The van der Waals surface area contributed by atoms with Crippen LogP contribution >= 0.6 is 0 Å². The van der Waals surface area contributed by atoms with Gasteiger partial charge in [-0.3, -0.25) is 0 Å². The van der Waals surface area contributed by atoms with Crippen LogP contribution in [0.25, 0.3) is 0 Å². The van der Waals surface area contributed by atoms with Gasteiger partial charge in [-0.2, -0.15) is 0 Å². The van der Waals surface area contributed by atoms with Crippen molar-refractivity contribution in [3.63, 3.8) is 0 Å². The van der Waals surface area contributed by atoms with Crippen molar-refractivity contribution < 1.29 is 19.1 Å². The number of nitrogens with one attached hydrogen (secondary N) is 1. The zero-order valence-electron chi connectivity index (χ0n) is 13.9. The Morgan fingerprint density at radius 2 is 1.71 bits per heavy atom. The van der Waals surface area contributed by atoms with E-state index in [0.717, 1.165) is 32.1 Å². The van der Waals surface area contributed by atoms with Crippen LogP contribution in [0, 0.1) is 5.92 Å². The first-order valence-corrected chi connectivity index (χ1v) is 8.11. The Morgan fingerprint density at radius 1 is 1.00 bits per heavy atom. The molecule has 0 aliphatic carbocycles. The number of alkyl carbamates (subject to hydrolysis) is 1. The van der Waals surface area contributed by atoms with Gasteiger partial charge in [0, 0.05) is 0 Å². The number of hydrogen-bond acceptors (Lipinski definition) is 4. The Bertz CT molecular complexity index is 292. The molecule has 0 unspecified atom stereocenters. The quantitative estimate of drug-likeness (QED) is 0.467. The van der Waals surface area contributed by atoms with Crippen molar-refractivity contribution in [1.29, 1.82) is 0 Å². The third-order valence-electron chi connectivity index (χ3n) is 2.94. The highest BCUT2D eigenvalue weighted by Crippen LogP contribution is 2.03. The summed E-state index contributed by atoms with van der Waals surface area (Å²) in [5, 5.41) is 2.60. The minimum Gasteiger partial charge on any atom is -0.464 e. The average Bonchev–Trinajstić information content (AvgIpc) is 2.44. The van der Waals surface area contributed by atoms with Gasteiger partial charge in [0.1, 0.15) is 6.04 Å². The van der Waals surface area contributed by atoms with Gasteiger partial charge in [0.25, 0.3) is 0 Å². The van der Waals surface area contributed by atoms with Crippen LogP contribution in [0.1, 0.15) is 66.2 Å². The van der Waals surface area contributed by atoms with Crippen molar-refractivity contribution in [3.05, 3.63) is 0 Å². The van der Waals surface area contributed by atoms with Crippen molar-refractivity contribution in [1.82, 2.24) is 5.32 Å². The van der Waals surface area contributed by atoms with E-state index in [2.05, 4.69) is 12.2 Å². The van der Waals surface area contributed by atoms with Crippen LogP contribution in [0.4, 0.5) is 4.79 Å². The van der Waals surface area contributed by atoms with E-state index in [1.165, 1.54) is 0 Å². The van der Waals surface area contributed by atoms with Gasteiger partial charge in [-0.1, -0.05) is 53.4 Å². The van der Waals surface area contributed by atoms with Crippen LogP contribution in [0.3, 0.4) is 0 Å². The first kappa shape index (κ1) is 19.7. The van der Waals surface area contributed by atoms with E-state index in [9.17, 15) is 9.59 Å². The van der Waals surface area contributed by atoms with Gasteiger partial charge < -0.3 is 14.8 Å². The molecule has 1 N–H and O–H groups in total. The van der Waals surface area contributed by atoms with Crippen LogP contribution in [0.2, 0.25) is 0 Å². The molecule has 5 nitrogen and oxygen atoms in total. The molecule has 124 valence electrons. The summed E-state index contributed by atoms with van der Waals surface area (Å²) >= 11 is 0. The van der Waals surface area contributed by atoms with Crippen LogP contribution in [-0.4, -0.2) is 31.3 Å². The van der Waals surface area contributed by atoms with Gasteiger partial charge in [-0.25, -0.2) is 9.59 Å². The normalized spacial score (nSPS) is 12.0. The minimum atomic E-state index is -0.614. The number of carbonyl (C=O) groups is 2. The zero-order chi connectivity index (χ0) is 16.1. The Balaban J connectivity index is 4.05. The Hall–Kier alpha value is -1.26. The topological polar surface area (TPSA) is 64.6 Å². The molecule has 1 atom stereocenters. The van der Waals surface area contributed by atoms with E-state index in [1.54, 1.807) is 0 Å². The minimum absolute atomic E-state index is 0.279. The lowest BCUT2D eigenvalue weighted by molar-refractivity contribution is -0.147. The second-order valence-corrected chi connectivity index (χ2v) is 5.71. The van der Waals surface area contributed by atoms with Crippen LogP contribution in [-0.2, 0) is 14.3 Å². The fourth-order valence-electron chi connectivity index (χ4n) is 1.76. The molecule has 0 aromatic carbocycles. The molecule has 0 saturated heterocycles. The molecule has 0 aromatic rings. The van der Waals surface area contributed by atoms with Crippen molar-refractivity contribution in [2.75, 3.05) is 13.2 Å². The van der Waals surface area contributed by atoms with E-state index < -0.39 is 12.1 Å². The van der Waals surface area contributed by atoms with E-state index >= 15 is 0 Å². The second-order valence-electron chi connectivity index (χ2n) is 5.71. The third kappa shape index (κ3) is 11.1. The van der Waals surface area contributed by atoms with E-state index in [0.29, 0.717) is 19.6 Å². The smallest absolute Gasteiger partial charge is 0.407 e. The Labute approximate surface area is 128 Å². The summed E-state index contributed by atoms with van der Waals surface area (Å²) in [5.41, 5.74) is 0. The number of carbonyl (C=O) groups excluding carboxylic acids is 2. The number of ether oxygens (including phenoxy) is 2. The third-order valence-corrected chi connectivity index (χ3v) is 2.94. The van der Waals surface area contributed by atoms with Gasteiger partial charge >= 0.3 is 12.1 Å². The standard InChI is InChI=1S/C16H31NO4/c1-5-7-8-9-11-20-16(19)17-14(10-6-2)15(18)21-12-13(3)4/h13-14H,5-12H2,1-4H3,(H,17,19)/t14-/m0/s1. The Morgan fingerprint density at radius 3 is 2.29 bits per heavy atom. The van der Waals surface area contributed by atoms with E-state index in [4.69, 9.17) is 9.47 Å². The zero-order valence-corrected chi connectivity index (χ0v) is 13.9. The summed E-state index contributed by atoms with van der Waals surface area (Å²) in [5.74, 6) is -0.102. The molecule has 0 radical (unpaired) electrons. The molecule has 0 aliphatic heterocycles. The van der Waals surface area contributed by atoms with Gasteiger partial charge in [0.15, 0.2) is 0 Å². The van der Waals surface area contributed by atoms with E-state index in [-0.39, 0.29) is 11.9 Å². The summed E-state index contributed by atoms with van der Waals surface area (Å²) in [6.45, 7) is 8.80. The maximum Gasteiger partial charge on any atom is 0.407 e. The van der Waals surface area contributed by atoms with Crippen molar-refractivity contribution in [2.45, 2.75) is 72.3 Å². The molecule has 0 aliphatic rings. The predicted octanol–water partition coefficient (Wildman–Crippen LogP) is 3.66. The molecule has 0 heterocycles. The predicted molar refractivity (Wildman–Crippen MR) is 83.1 cm³/mol. The molecule has 1 amide bonds. The monoisotopic (exact) mass is 301 g/mol. The maximum atomic E-state index is 11.9. The number of unbranched alkanes of at least 4 members (excludes halogenated alkanes) is 3. The Kier molecular flexibility index (Phi) is 11.7. The highest BCUT2D eigenvalue weighted by atomic mass is 16.6. The lowest BCUT2D eigenvalue weighted by Gasteiger charge is -2.17. The first-order chi connectivity index (χ1) is 10.0. The summed E-state index contributed by atoms with van der Waals surface area (Å²) in [6, 6.07) is -0.614. The number of esters is 1. The highest BCUT2D eigenvalue weighted by Gasteiger charge is 2.22. The fraction of sp³-hybridized carbons (Fsp3) is 0.875. The second kappa shape index (κ2) is 12.5. The SMILES string of the molecule is CCCCCCOC(=O)N[C@@H](CCC)C(=O)OCC(C)C. The summed E-state index contributed by atoms with van der Waals surface area (Å²) in [7, 11) is 0. The fourth-order valence-corrected chi connectivity index (χ4v) is 1.76. The molecule has 0 rings (SSSR count). The van der Waals surface area contributed by atoms with Gasteiger partial charge in [-0.05, 0) is 18.8 Å². The molecular weight excluding hydrogens is 270 g/mol. The molecule has 0 aromatic heterocycles. The lowest BCUT2D eigenvalue weighted by atomic mass is 10.1. The van der Waals surface area contributed by atoms with Crippen LogP contribution in [0.5, 0.6) is 0 Å². The number of amides is 1.